The van der Waals surface area contributed by atoms with Crippen molar-refractivity contribution in [3.8, 4) is 0 Å². The van der Waals surface area contributed by atoms with Crippen LogP contribution in [0.1, 0.15) is 24.5 Å². The van der Waals surface area contributed by atoms with Gasteiger partial charge in [-0.2, -0.15) is 11.8 Å². The standard InChI is InChI=1S/C16H24FN3OS.HI/c1-18-16(19-10-14-4-3-9-22-14)20-11-15(21-2)12-5-7-13(17)8-6-12;/h5-8,14-15H,3-4,9-11H2,1-2H3,(H2,18,19,20);1H. The molecule has 1 aliphatic rings. The normalized spacial score (nSPS) is 19.1. The molecule has 2 rings (SSSR count). The molecule has 23 heavy (non-hydrogen) atoms. The third-order valence-electron chi connectivity index (χ3n) is 3.73. The minimum Gasteiger partial charge on any atom is -0.375 e. The molecule has 2 unspecified atom stereocenters. The van der Waals surface area contributed by atoms with Crippen LogP contribution in [0.15, 0.2) is 29.3 Å². The number of aliphatic imine (C=N–C) groups is 1. The van der Waals surface area contributed by atoms with Gasteiger partial charge in [-0.25, -0.2) is 4.39 Å². The van der Waals surface area contributed by atoms with E-state index in [9.17, 15) is 4.39 Å². The highest BCUT2D eigenvalue weighted by atomic mass is 127. The molecule has 0 radical (unpaired) electrons. The number of nitrogens with zero attached hydrogens (tertiary/aromatic N) is 1. The van der Waals surface area contributed by atoms with Crippen molar-refractivity contribution in [3.05, 3.63) is 35.6 Å². The number of ether oxygens (including phenoxy) is 1. The predicted octanol–water partition coefficient (Wildman–Crippen LogP) is 3.19. The molecule has 2 N–H and O–H groups in total. The zero-order chi connectivity index (χ0) is 15.8. The second-order valence-electron chi connectivity index (χ2n) is 5.24. The molecule has 0 aliphatic carbocycles. The van der Waals surface area contributed by atoms with Crippen LogP contribution in [0, 0.1) is 5.82 Å². The Morgan fingerprint density at radius 1 is 1.39 bits per heavy atom. The van der Waals surface area contributed by atoms with Gasteiger partial charge in [-0.15, -0.1) is 24.0 Å². The monoisotopic (exact) mass is 453 g/mol. The van der Waals surface area contributed by atoms with E-state index in [1.54, 1.807) is 26.3 Å². The average Bonchev–Trinajstić information content (AvgIpc) is 3.05. The van der Waals surface area contributed by atoms with Crippen LogP contribution in [0.3, 0.4) is 0 Å². The van der Waals surface area contributed by atoms with Crippen LogP contribution in [-0.4, -0.2) is 44.2 Å². The van der Waals surface area contributed by atoms with E-state index < -0.39 is 0 Å². The van der Waals surface area contributed by atoms with E-state index in [0.29, 0.717) is 11.8 Å². The predicted molar refractivity (Wildman–Crippen MR) is 106 cm³/mol. The number of thioether (sulfide) groups is 1. The van der Waals surface area contributed by atoms with E-state index in [4.69, 9.17) is 4.74 Å². The first-order valence-corrected chi connectivity index (χ1v) is 8.62. The van der Waals surface area contributed by atoms with Gasteiger partial charge in [0.05, 0.1) is 6.10 Å². The van der Waals surface area contributed by atoms with Crippen LogP contribution in [-0.2, 0) is 4.74 Å². The first-order chi connectivity index (χ1) is 10.7. The van der Waals surface area contributed by atoms with Crippen molar-refractivity contribution in [3.63, 3.8) is 0 Å². The minimum atomic E-state index is -0.238. The molecule has 1 aliphatic heterocycles. The van der Waals surface area contributed by atoms with Crippen LogP contribution >= 0.6 is 35.7 Å². The van der Waals surface area contributed by atoms with E-state index in [0.717, 1.165) is 18.1 Å². The van der Waals surface area contributed by atoms with Gasteiger partial charge < -0.3 is 15.4 Å². The molecule has 0 spiro atoms. The lowest BCUT2D eigenvalue weighted by molar-refractivity contribution is 0.106. The molecule has 0 aromatic heterocycles. The molecule has 1 heterocycles. The summed E-state index contributed by atoms with van der Waals surface area (Å²) in [5, 5.41) is 7.30. The Hall–Kier alpha value is -0.540. The van der Waals surface area contributed by atoms with Gasteiger partial charge in [-0.1, -0.05) is 12.1 Å². The molecule has 0 amide bonds. The van der Waals surface area contributed by atoms with E-state index >= 15 is 0 Å². The number of methoxy groups -OCH3 is 1. The van der Waals surface area contributed by atoms with Gasteiger partial charge in [0.25, 0.3) is 0 Å². The van der Waals surface area contributed by atoms with Crippen LogP contribution in [0.5, 0.6) is 0 Å². The topological polar surface area (TPSA) is 45.7 Å². The molecule has 2 atom stereocenters. The van der Waals surface area contributed by atoms with E-state index in [1.807, 2.05) is 11.8 Å². The Balaban J connectivity index is 0.00000264. The van der Waals surface area contributed by atoms with Crippen molar-refractivity contribution in [2.24, 2.45) is 4.99 Å². The largest absolute Gasteiger partial charge is 0.375 e. The second-order valence-corrected chi connectivity index (χ2v) is 6.65. The molecule has 0 bridgehead atoms. The van der Waals surface area contributed by atoms with Crippen molar-refractivity contribution in [2.45, 2.75) is 24.2 Å². The molecule has 7 heteroatoms. The van der Waals surface area contributed by atoms with E-state index in [-0.39, 0.29) is 35.9 Å². The smallest absolute Gasteiger partial charge is 0.191 e. The fraction of sp³-hybridized carbons (Fsp3) is 0.562. The van der Waals surface area contributed by atoms with Crippen molar-refractivity contribution < 1.29 is 9.13 Å². The Labute approximate surface area is 159 Å². The molecule has 1 fully saturated rings. The summed E-state index contributed by atoms with van der Waals surface area (Å²) < 4.78 is 18.5. The number of benzene rings is 1. The molecule has 1 saturated heterocycles. The van der Waals surface area contributed by atoms with Crippen molar-refractivity contribution >= 4 is 41.7 Å². The van der Waals surface area contributed by atoms with Gasteiger partial charge >= 0.3 is 0 Å². The van der Waals surface area contributed by atoms with Crippen LogP contribution < -0.4 is 10.6 Å². The second kappa shape index (κ2) is 11.1. The summed E-state index contributed by atoms with van der Waals surface area (Å²) in [7, 11) is 3.41. The maximum absolute atomic E-state index is 13.0. The number of nitrogens with one attached hydrogen (secondary N) is 2. The Bertz CT molecular complexity index is 481. The van der Waals surface area contributed by atoms with E-state index in [1.165, 1.54) is 30.7 Å². The molecule has 4 nitrogen and oxygen atoms in total. The average molecular weight is 453 g/mol. The number of hydrogen-bond acceptors (Lipinski definition) is 3. The zero-order valence-corrected chi connectivity index (χ0v) is 16.7. The fourth-order valence-electron chi connectivity index (χ4n) is 2.44. The third kappa shape index (κ3) is 6.84. The lowest BCUT2D eigenvalue weighted by Crippen LogP contribution is -2.42. The number of halogens is 2. The highest BCUT2D eigenvalue weighted by Crippen LogP contribution is 2.25. The molecule has 1 aromatic rings. The van der Waals surface area contributed by atoms with Crippen molar-refractivity contribution in [2.75, 3.05) is 33.0 Å². The molecule has 1 aromatic carbocycles. The summed E-state index contributed by atoms with van der Waals surface area (Å²) in [4.78, 5) is 4.23. The van der Waals surface area contributed by atoms with Gasteiger partial charge in [0.1, 0.15) is 5.82 Å². The maximum atomic E-state index is 13.0. The first-order valence-electron chi connectivity index (χ1n) is 7.57. The lowest BCUT2D eigenvalue weighted by Gasteiger charge is -2.19. The highest BCUT2D eigenvalue weighted by Gasteiger charge is 2.16. The SMILES string of the molecule is CN=C(NCC1CCCS1)NCC(OC)c1ccc(F)cc1.I. The van der Waals surface area contributed by atoms with Crippen LogP contribution in [0.25, 0.3) is 0 Å². The zero-order valence-electron chi connectivity index (χ0n) is 13.5. The van der Waals surface area contributed by atoms with Crippen molar-refractivity contribution in [1.82, 2.24) is 10.6 Å². The van der Waals surface area contributed by atoms with Gasteiger partial charge in [-0.3, -0.25) is 4.99 Å². The summed E-state index contributed by atoms with van der Waals surface area (Å²) in [6.45, 7) is 1.51. The Kier molecular flexibility index (Phi) is 9.89. The summed E-state index contributed by atoms with van der Waals surface area (Å²) >= 11 is 2.02. The van der Waals surface area contributed by atoms with Gasteiger partial charge in [-0.05, 0) is 36.3 Å². The number of hydrogen-bond donors (Lipinski definition) is 2. The maximum Gasteiger partial charge on any atom is 0.191 e. The molecule has 130 valence electrons. The van der Waals surface area contributed by atoms with Crippen LogP contribution in [0.4, 0.5) is 4.39 Å². The first kappa shape index (κ1) is 20.5. The van der Waals surface area contributed by atoms with E-state index in [2.05, 4.69) is 15.6 Å². The number of rotatable bonds is 6. The third-order valence-corrected chi connectivity index (χ3v) is 5.12. The minimum absolute atomic E-state index is 0. The van der Waals surface area contributed by atoms with Gasteiger partial charge in [0.2, 0.25) is 0 Å². The quantitative estimate of drug-likeness (QED) is 0.395. The van der Waals surface area contributed by atoms with Crippen LogP contribution in [0.2, 0.25) is 0 Å². The molecule has 0 saturated carbocycles. The highest BCUT2D eigenvalue weighted by molar-refractivity contribution is 14.0. The Morgan fingerprint density at radius 3 is 2.70 bits per heavy atom. The number of guanidine groups is 1. The molecular weight excluding hydrogens is 428 g/mol. The van der Waals surface area contributed by atoms with Gasteiger partial charge in [0.15, 0.2) is 5.96 Å². The Morgan fingerprint density at radius 2 is 2.13 bits per heavy atom. The molecular formula is C16H25FIN3OS. The summed E-state index contributed by atoms with van der Waals surface area (Å²) in [6, 6.07) is 6.39. The van der Waals surface area contributed by atoms with Crippen molar-refractivity contribution in [1.29, 1.82) is 0 Å². The summed E-state index contributed by atoms with van der Waals surface area (Å²) in [5.74, 6) is 1.80. The van der Waals surface area contributed by atoms with Gasteiger partial charge in [0, 0.05) is 32.5 Å². The lowest BCUT2D eigenvalue weighted by atomic mass is 10.1. The summed E-state index contributed by atoms with van der Waals surface area (Å²) in [5.41, 5.74) is 0.943. The summed E-state index contributed by atoms with van der Waals surface area (Å²) in [6.07, 6.45) is 2.43. The fourth-order valence-corrected chi connectivity index (χ4v) is 3.64.